The highest BCUT2D eigenvalue weighted by Gasteiger charge is 2.55. The molecular formula is C17H19NO4. The van der Waals surface area contributed by atoms with Crippen molar-refractivity contribution >= 4 is 17.8 Å². The Balaban J connectivity index is 1.87. The number of rotatable bonds is 4. The molecule has 2 amide bonds. The van der Waals surface area contributed by atoms with Crippen LogP contribution in [0.1, 0.15) is 37.7 Å². The van der Waals surface area contributed by atoms with Crippen LogP contribution in [0.3, 0.4) is 0 Å². The number of hydrogen-bond donors (Lipinski definition) is 1. The third-order valence-corrected chi connectivity index (χ3v) is 4.86. The summed E-state index contributed by atoms with van der Waals surface area (Å²) in [5, 5.41) is 9.52. The lowest BCUT2D eigenvalue weighted by Gasteiger charge is -2.25. The number of carboxylic acids is 1. The van der Waals surface area contributed by atoms with Crippen LogP contribution in [0.15, 0.2) is 30.3 Å². The van der Waals surface area contributed by atoms with E-state index in [1.54, 1.807) is 0 Å². The molecule has 116 valence electrons. The van der Waals surface area contributed by atoms with Crippen molar-refractivity contribution in [3.63, 3.8) is 0 Å². The number of benzene rings is 1. The third-order valence-electron chi connectivity index (χ3n) is 4.86. The number of likely N-dealkylation sites (tertiary alicyclic amines) is 1. The molecule has 2 aliphatic rings. The zero-order valence-corrected chi connectivity index (χ0v) is 12.3. The lowest BCUT2D eigenvalue weighted by Crippen LogP contribution is -2.47. The Morgan fingerprint density at radius 3 is 2.41 bits per heavy atom. The molecule has 1 atom stereocenters. The van der Waals surface area contributed by atoms with Crippen LogP contribution in [0.4, 0.5) is 0 Å². The first kappa shape index (κ1) is 14.8. The van der Waals surface area contributed by atoms with E-state index >= 15 is 0 Å². The van der Waals surface area contributed by atoms with Crippen LogP contribution >= 0.6 is 0 Å². The molecule has 5 nitrogen and oxygen atoms in total. The van der Waals surface area contributed by atoms with E-state index in [0.29, 0.717) is 12.8 Å². The van der Waals surface area contributed by atoms with E-state index < -0.39 is 17.4 Å². The lowest BCUT2D eigenvalue weighted by atomic mass is 9.84. The van der Waals surface area contributed by atoms with Crippen LogP contribution < -0.4 is 0 Å². The molecule has 1 N–H and O–H groups in total. The zero-order valence-electron chi connectivity index (χ0n) is 12.3. The van der Waals surface area contributed by atoms with Gasteiger partial charge in [0.1, 0.15) is 6.04 Å². The number of amides is 2. The molecule has 0 aromatic heterocycles. The normalized spacial score (nSPS) is 21.5. The maximum atomic E-state index is 12.7. The average Bonchev–Trinajstić information content (AvgIpc) is 3.05. The Morgan fingerprint density at radius 2 is 1.82 bits per heavy atom. The molecule has 1 aliphatic carbocycles. The summed E-state index contributed by atoms with van der Waals surface area (Å²) >= 11 is 0. The molecule has 2 fully saturated rings. The average molecular weight is 301 g/mol. The number of carbonyl (C=O) groups excluding carboxylic acids is 2. The number of aliphatic carboxylic acids is 1. The number of carboxylic acid groups (broad SMARTS) is 1. The molecule has 5 heteroatoms. The van der Waals surface area contributed by atoms with Crippen molar-refractivity contribution in [1.29, 1.82) is 0 Å². The Morgan fingerprint density at radius 1 is 1.18 bits per heavy atom. The summed E-state index contributed by atoms with van der Waals surface area (Å²) in [6, 6.07) is 8.00. The van der Waals surface area contributed by atoms with E-state index in [9.17, 15) is 19.5 Å². The van der Waals surface area contributed by atoms with Crippen molar-refractivity contribution in [3.8, 4) is 0 Å². The van der Waals surface area contributed by atoms with Gasteiger partial charge in [-0.2, -0.15) is 0 Å². The molecule has 0 unspecified atom stereocenters. The summed E-state index contributed by atoms with van der Waals surface area (Å²) in [5.74, 6) is -1.74. The lowest BCUT2D eigenvalue weighted by molar-refractivity contribution is -0.155. The molecule has 0 bridgehead atoms. The summed E-state index contributed by atoms with van der Waals surface area (Å²) in [6.45, 7) is 0. The second kappa shape index (κ2) is 5.55. The van der Waals surface area contributed by atoms with Crippen LogP contribution in [-0.4, -0.2) is 33.8 Å². The van der Waals surface area contributed by atoms with Crippen molar-refractivity contribution in [3.05, 3.63) is 35.9 Å². The van der Waals surface area contributed by atoms with Gasteiger partial charge >= 0.3 is 5.97 Å². The molecule has 1 saturated heterocycles. The number of hydrogen-bond acceptors (Lipinski definition) is 3. The Kier molecular flexibility index (Phi) is 3.72. The summed E-state index contributed by atoms with van der Waals surface area (Å²) < 4.78 is 0. The minimum absolute atomic E-state index is 0.156. The maximum absolute atomic E-state index is 12.7. The van der Waals surface area contributed by atoms with Gasteiger partial charge in [0.05, 0.1) is 5.41 Å². The second-order valence-corrected chi connectivity index (χ2v) is 6.28. The van der Waals surface area contributed by atoms with E-state index in [1.165, 1.54) is 0 Å². The molecule has 0 radical (unpaired) electrons. The molecule has 1 aromatic carbocycles. The number of nitrogens with zero attached hydrogens (tertiary/aromatic N) is 1. The first-order valence-corrected chi connectivity index (χ1v) is 7.67. The smallest absolute Gasteiger partial charge is 0.327 e. The van der Waals surface area contributed by atoms with Crippen LogP contribution in [-0.2, 0) is 20.8 Å². The quantitative estimate of drug-likeness (QED) is 0.863. The van der Waals surface area contributed by atoms with Crippen molar-refractivity contribution in [2.45, 2.75) is 44.6 Å². The van der Waals surface area contributed by atoms with Gasteiger partial charge in [-0.05, 0) is 18.4 Å². The predicted molar refractivity (Wildman–Crippen MR) is 78.9 cm³/mol. The summed E-state index contributed by atoms with van der Waals surface area (Å²) in [7, 11) is 0. The van der Waals surface area contributed by atoms with Crippen LogP contribution in [0, 0.1) is 5.41 Å². The fourth-order valence-electron chi connectivity index (χ4n) is 3.70. The molecule has 1 heterocycles. The molecule has 1 aromatic rings. The van der Waals surface area contributed by atoms with Gasteiger partial charge in [0.15, 0.2) is 0 Å². The van der Waals surface area contributed by atoms with Crippen molar-refractivity contribution in [1.82, 2.24) is 4.90 Å². The minimum Gasteiger partial charge on any atom is -0.480 e. The highest BCUT2D eigenvalue weighted by Crippen LogP contribution is 2.47. The minimum atomic E-state index is -1.12. The highest BCUT2D eigenvalue weighted by molar-refractivity contribution is 6.08. The van der Waals surface area contributed by atoms with Gasteiger partial charge < -0.3 is 5.11 Å². The number of carbonyl (C=O) groups is 3. The van der Waals surface area contributed by atoms with Gasteiger partial charge in [-0.15, -0.1) is 0 Å². The second-order valence-electron chi connectivity index (χ2n) is 6.28. The molecular weight excluding hydrogens is 282 g/mol. The van der Waals surface area contributed by atoms with Gasteiger partial charge in [0.25, 0.3) is 0 Å². The predicted octanol–water partition coefficient (Wildman–Crippen LogP) is 2.00. The molecule has 1 spiro atoms. The molecule has 1 aliphatic heterocycles. The summed E-state index contributed by atoms with van der Waals surface area (Å²) in [6.07, 6.45) is 3.60. The Labute approximate surface area is 128 Å². The van der Waals surface area contributed by atoms with Crippen LogP contribution in [0.5, 0.6) is 0 Å². The molecule has 1 saturated carbocycles. The van der Waals surface area contributed by atoms with E-state index in [0.717, 1.165) is 23.3 Å². The van der Waals surface area contributed by atoms with E-state index in [2.05, 4.69) is 0 Å². The van der Waals surface area contributed by atoms with Crippen molar-refractivity contribution in [2.24, 2.45) is 5.41 Å². The first-order valence-electron chi connectivity index (χ1n) is 7.67. The topological polar surface area (TPSA) is 74.7 Å². The monoisotopic (exact) mass is 301 g/mol. The van der Waals surface area contributed by atoms with Crippen LogP contribution in [0.2, 0.25) is 0 Å². The van der Waals surface area contributed by atoms with Crippen molar-refractivity contribution < 1.29 is 19.5 Å². The SMILES string of the molecule is O=C(O)[C@H](Cc1ccccc1)N1C(=O)CC2(CCCC2)C1=O. The zero-order chi connectivity index (χ0) is 15.7. The fraction of sp³-hybridized carbons (Fsp3) is 0.471. The van der Waals surface area contributed by atoms with E-state index in [1.807, 2.05) is 30.3 Å². The van der Waals surface area contributed by atoms with Crippen LogP contribution in [0.25, 0.3) is 0 Å². The van der Waals surface area contributed by atoms with E-state index in [-0.39, 0.29) is 24.7 Å². The largest absolute Gasteiger partial charge is 0.480 e. The first-order chi connectivity index (χ1) is 10.5. The van der Waals surface area contributed by atoms with Gasteiger partial charge in [0, 0.05) is 12.8 Å². The third kappa shape index (κ3) is 2.40. The molecule has 3 rings (SSSR count). The van der Waals surface area contributed by atoms with E-state index in [4.69, 9.17) is 0 Å². The summed E-state index contributed by atoms with van der Waals surface area (Å²) in [5.41, 5.74) is 0.185. The van der Waals surface area contributed by atoms with Gasteiger partial charge in [-0.25, -0.2) is 4.79 Å². The van der Waals surface area contributed by atoms with Gasteiger partial charge in [-0.3, -0.25) is 14.5 Å². The highest BCUT2D eigenvalue weighted by atomic mass is 16.4. The number of imide groups is 1. The standard InChI is InChI=1S/C17H19NO4/c19-14-11-17(8-4-5-9-17)16(22)18(14)13(15(20)21)10-12-6-2-1-3-7-12/h1-3,6-7,13H,4-5,8-11H2,(H,20,21)/t13-/m0/s1. The van der Waals surface area contributed by atoms with Crippen molar-refractivity contribution in [2.75, 3.05) is 0 Å². The van der Waals surface area contributed by atoms with Gasteiger partial charge in [0.2, 0.25) is 11.8 Å². The van der Waals surface area contributed by atoms with Gasteiger partial charge in [-0.1, -0.05) is 43.2 Å². The fourth-order valence-corrected chi connectivity index (χ4v) is 3.70. The Bertz CT molecular complexity index is 604. The Hall–Kier alpha value is -2.17. The molecule has 22 heavy (non-hydrogen) atoms. The maximum Gasteiger partial charge on any atom is 0.327 e. The summed E-state index contributed by atoms with van der Waals surface area (Å²) in [4.78, 5) is 37.7.